The van der Waals surface area contributed by atoms with Crippen LogP contribution >= 0.6 is 0 Å². The van der Waals surface area contributed by atoms with Crippen molar-refractivity contribution >= 4 is 15.9 Å². The van der Waals surface area contributed by atoms with Gasteiger partial charge in [0.25, 0.3) is 0 Å². The summed E-state index contributed by atoms with van der Waals surface area (Å²) in [5.74, 6) is -0.164. The monoisotopic (exact) mass is 408 g/mol. The zero-order chi connectivity index (χ0) is 20.2. The predicted molar refractivity (Wildman–Crippen MR) is 92.5 cm³/mol. The summed E-state index contributed by atoms with van der Waals surface area (Å²) in [6.45, 7) is 4.86. The fraction of sp³-hybridized carbons (Fsp3) is 0.588. The van der Waals surface area contributed by atoms with Crippen molar-refractivity contribution in [1.82, 2.24) is 9.62 Å². The van der Waals surface area contributed by atoms with Crippen molar-refractivity contribution in [3.8, 4) is 5.75 Å². The molecule has 1 aromatic rings. The van der Waals surface area contributed by atoms with Gasteiger partial charge in [0.05, 0.1) is 4.90 Å². The normalized spacial score (nSPS) is 16.6. The first-order valence-electron chi connectivity index (χ1n) is 8.62. The highest BCUT2D eigenvalue weighted by Crippen LogP contribution is 2.24. The average molecular weight is 408 g/mol. The maximum absolute atomic E-state index is 12.4. The molecule has 1 amide bonds. The zero-order valence-electron chi connectivity index (χ0n) is 15.1. The molecule has 0 spiro atoms. The van der Waals surface area contributed by atoms with Crippen molar-refractivity contribution in [3.63, 3.8) is 0 Å². The Balaban J connectivity index is 1.92. The Hall–Kier alpha value is -1.81. The van der Waals surface area contributed by atoms with Crippen LogP contribution in [0.5, 0.6) is 5.75 Å². The fourth-order valence-electron chi connectivity index (χ4n) is 2.83. The number of hydrogen-bond donors (Lipinski definition) is 1. The van der Waals surface area contributed by atoms with Crippen molar-refractivity contribution in [1.29, 1.82) is 0 Å². The fourth-order valence-corrected chi connectivity index (χ4v) is 4.14. The lowest BCUT2D eigenvalue weighted by Crippen LogP contribution is -2.46. The van der Waals surface area contributed by atoms with Crippen LogP contribution in [0.1, 0.15) is 33.1 Å². The van der Waals surface area contributed by atoms with Gasteiger partial charge in [0.15, 0.2) is 0 Å². The minimum absolute atomic E-state index is 0.0616. The molecule has 1 fully saturated rings. The van der Waals surface area contributed by atoms with Gasteiger partial charge in [-0.25, -0.2) is 13.1 Å². The highest BCUT2D eigenvalue weighted by molar-refractivity contribution is 7.89. The molecule has 10 heteroatoms. The second-order valence-corrected chi connectivity index (χ2v) is 8.61. The van der Waals surface area contributed by atoms with Gasteiger partial charge in [-0.1, -0.05) is 13.8 Å². The summed E-state index contributed by atoms with van der Waals surface area (Å²) in [6, 6.07) is 3.70. The molecular formula is C17H23F3N2O4S. The highest BCUT2D eigenvalue weighted by Gasteiger charge is 2.31. The molecule has 0 radical (unpaired) electrons. The number of ether oxygens (including phenoxy) is 1. The lowest BCUT2D eigenvalue weighted by Gasteiger charge is -2.32. The van der Waals surface area contributed by atoms with Gasteiger partial charge < -0.3 is 9.64 Å². The third-order valence-electron chi connectivity index (χ3n) is 4.12. The maximum atomic E-state index is 12.4. The number of amides is 1. The summed E-state index contributed by atoms with van der Waals surface area (Å²) in [6.07, 6.45) is -3.40. The predicted octanol–water partition coefficient (Wildman–Crippen LogP) is 2.90. The molecule has 152 valence electrons. The van der Waals surface area contributed by atoms with Crippen LogP contribution in [0.4, 0.5) is 13.2 Å². The van der Waals surface area contributed by atoms with E-state index in [1.807, 2.05) is 13.8 Å². The summed E-state index contributed by atoms with van der Waals surface area (Å²) in [5, 5.41) is 0. The molecule has 27 heavy (non-hydrogen) atoms. The molecule has 0 aliphatic carbocycles. The summed E-state index contributed by atoms with van der Waals surface area (Å²) in [5.41, 5.74) is 0. The van der Waals surface area contributed by atoms with Crippen molar-refractivity contribution in [3.05, 3.63) is 24.3 Å². The standard InChI is InChI=1S/C17H23F3N2O4S/c1-12(2)11-16(23)22-9-7-13(8-10-22)21-27(24,25)15-5-3-14(4-6-15)26-17(18,19)20/h3-6,12-13,21H,7-11H2,1-2H3. The first-order chi connectivity index (χ1) is 12.5. The number of piperidine rings is 1. The molecule has 0 unspecified atom stereocenters. The second kappa shape index (κ2) is 8.47. The molecule has 2 rings (SSSR count). The summed E-state index contributed by atoms with van der Waals surface area (Å²) in [7, 11) is -3.87. The second-order valence-electron chi connectivity index (χ2n) is 6.89. The molecule has 1 aliphatic heterocycles. The first-order valence-corrected chi connectivity index (χ1v) is 10.1. The molecular weight excluding hydrogens is 385 g/mol. The molecule has 1 saturated heterocycles. The van der Waals surface area contributed by atoms with Crippen molar-refractivity contribution in [2.75, 3.05) is 13.1 Å². The third kappa shape index (κ3) is 6.69. The molecule has 1 N–H and O–H groups in total. The van der Waals surface area contributed by atoms with Gasteiger partial charge in [0.1, 0.15) is 5.75 Å². The lowest BCUT2D eigenvalue weighted by molar-refractivity contribution is -0.274. The summed E-state index contributed by atoms with van der Waals surface area (Å²) >= 11 is 0. The number of hydrogen-bond acceptors (Lipinski definition) is 4. The molecule has 0 saturated carbocycles. The van der Waals surface area contributed by atoms with Crippen LogP contribution in [0.3, 0.4) is 0 Å². The van der Waals surface area contributed by atoms with E-state index in [0.29, 0.717) is 32.4 Å². The van der Waals surface area contributed by atoms with Crippen LogP contribution in [0, 0.1) is 5.92 Å². The maximum Gasteiger partial charge on any atom is 0.573 e. The Morgan fingerprint density at radius 2 is 1.78 bits per heavy atom. The number of rotatable bonds is 6. The van der Waals surface area contributed by atoms with Crippen LogP contribution in [0.15, 0.2) is 29.2 Å². The van der Waals surface area contributed by atoms with Gasteiger partial charge >= 0.3 is 6.36 Å². The largest absolute Gasteiger partial charge is 0.573 e. The minimum Gasteiger partial charge on any atom is -0.406 e. The van der Waals surface area contributed by atoms with Gasteiger partial charge in [-0.3, -0.25) is 4.79 Å². The van der Waals surface area contributed by atoms with Gasteiger partial charge in [0.2, 0.25) is 15.9 Å². The van der Waals surface area contributed by atoms with E-state index in [9.17, 15) is 26.4 Å². The number of alkyl halides is 3. The van der Waals surface area contributed by atoms with Gasteiger partial charge in [-0.2, -0.15) is 0 Å². The van der Waals surface area contributed by atoms with E-state index in [0.717, 1.165) is 24.3 Å². The van der Waals surface area contributed by atoms with Crippen LogP contribution in [-0.2, 0) is 14.8 Å². The van der Waals surface area contributed by atoms with Crippen LogP contribution in [0.25, 0.3) is 0 Å². The van der Waals surface area contributed by atoms with E-state index in [1.165, 1.54) is 0 Å². The quantitative estimate of drug-likeness (QED) is 0.785. The number of likely N-dealkylation sites (tertiary alicyclic amines) is 1. The van der Waals surface area contributed by atoms with Gasteiger partial charge in [0, 0.05) is 25.6 Å². The van der Waals surface area contributed by atoms with E-state index in [2.05, 4.69) is 9.46 Å². The number of carbonyl (C=O) groups is 1. The molecule has 6 nitrogen and oxygen atoms in total. The Morgan fingerprint density at radius 1 is 1.22 bits per heavy atom. The third-order valence-corrected chi connectivity index (χ3v) is 5.66. The van der Waals surface area contributed by atoms with Gasteiger partial charge in [-0.15, -0.1) is 13.2 Å². The van der Waals surface area contributed by atoms with Crippen molar-refractivity contribution in [2.24, 2.45) is 5.92 Å². The van der Waals surface area contributed by atoms with E-state index in [-0.39, 0.29) is 22.8 Å². The van der Waals surface area contributed by atoms with E-state index in [1.54, 1.807) is 4.90 Å². The molecule has 1 aromatic carbocycles. The Morgan fingerprint density at radius 3 is 2.26 bits per heavy atom. The number of carbonyl (C=O) groups excluding carboxylic acids is 1. The number of benzene rings is 1. The first kappa shape index (κ1) is 21.5. The molecule has 0 aromatic heterocycles. The number of sulfonamides is 1. The van der Waals surface area contributed by atoms with E-state index in [4.69, 9.17) is 0 Å². The minimum atomic E-state index is -4.83. The molecule has 1 heterocycles. The van der Waals surface area contributed by atoms with Crippen LogP contribution in [-0.4, -0.2) is 44.7 Å². The molecule has 0 bridgehead atoms. The number of halogens is 3. The number of nitrogens with one attached hydrogen (secondary N) is 1. The number of nitrogens with zero attached hydrogens (tertiary/aromatic N) is 1. The van der Waals surface area contributed by atoms with Crippen molar-refractivity contribution in [2.45, 2.75) is 50.4 Å². The summed E-state index contributed by atoms with van der Waals surface area (Å²) < 4.78 is 67.6. The average Bonchev–Trinajstić information content (AvgIpc) is 2.53. The Bertz CT molecular complexity index is 740. The van der Waals surface area contributed by atoms with Crippen LogP contribution in [0.2, 0.25) is 0 Å². The zero-order valence-corrected chi connectivity index (χ0v) is 15.9. The van der Waals surface area contributed by atoms with E-state index >= 15 is 0 Å². The Labute approximate surface area is 156 Å². The molecule has 0 atom stereocenters. The summed E-state index contributed by atoms with van der Waals surface area (Å²) in [4.78, 5) is 13.6. The Kier molecular flexibility index (Phi) is 6.74. The smallest absolute Gasteiger partial charge is 0.406 e. The SMILES string of the molecule is CC(C)CC(=O)N1CCC(NS(=O)(=O)c2ccc(OC(F)(F)F)cc2)CC1. The lowest BCUT2D eigenvalue weighted by atomic mass is 10.0. The topological polar surface area (TPSA) is 75.7 Å². The molecule has 1 aliphatic rings. The van der Waals surface area contributed by atoms with E-state index < -0.39 is 22.1 Å². The van der Waals surface area contributed by atoms with Crippen molar-refractivity contribution < 1.29 is 31.1 Å². The highest BCUT2D eigenvalue weighted by atomic mass is 32.2. The van der Waals surface area contributed by atoms with Gasteiger partial charge in [-0.05, 0) is 43.0 Å². The van der Waals surface area contributed by atoms with Crippen LogP contribution < -0.4 is 9.46 Å².